The number of alkyl halides is 3. The lowest BCUT2D eigenvalue weighted by molar-refractivity contribution is -0.222. The highest BCUT2D eigenvalue weighted by molar-refractivity contribution is 5.91. The third kappa shape index (κ3) is 4.13. The van der Waals surface area contributed by atoms with Crippen molar-refractivity contribution in [1.82, 2.24) is 4.90 Å². The quantitative estimate of drug-likeness (QED) is 0.872. The summed E-state index contributed by atoms with van der Waals surface area (Å²) in [4.78, 5) is 13.4. The molecule has 7 heteroatoms. The molecule has 1 aromatic rings. The van der Waals surface area contributed by atoms with Crippen LogP contribution in [0.15, 0.2) is 22.6 Å². The topological polar surface area (TPSA) is 53.7 Å². The Bertz CT molecular complexity index is 542. The first kappa shape index (κ1) is 16.6. The Kier molecular flexibility index (Phi) is 4.95. The molecular weight excluding hydrogens is 299 g/mol. The Labute approximate surface area is 126 Å². The van der Waals surface area contributed by atoms with E-state index in [2.05, 4.69) is 0 Å². The van der Waals surface area contributed by atoms with Gasteiger partial charge in [0.2, 0.25) is 5.91 Å². The average molecular weight is 317 g/mol. The Morgan fingerprint density at radius 3 is 2.55 bits per heavy atom. The lowest BCUT2D eigenvalue weighted by Gasteiger charge is -2.34. The van der Waals surface area contributed by atoms with Gasteiger partial charge in [0.15, 0.2) is 6.10 Å². The van der Waals surface area contributed by atoms with Crippen LogP contribution in [-0.2, 0) is 4.79 Å². The van der Waals surface area contributed by atoms with Crippen molar-refractivity contribution in [3.63, 3.8) is 0 Å². The number of aliphatic hydroxyl groups is 1. The molecule has 1 atom stereocenters. The van der Waals surface area contributed by atoms with Gasteiger partial charge in [-0.3, -0.25) is 4.79 Å². The van der Waals surface area contributed by atoms with Gasteiger partial charge in [0.05, 0.1) is 0 Å². The largest absolute Gasteiger partial charge is 0.462 e. The molecule has 1 N–H and O–H groups in total. The van der Waals surface area contributed by atoms with Crippen LogP contribution in [0, 0.1) is 12.8 Å². The van der Waals surface area contributed by atoms with Crippen LogP contribution in [0.1, 0.15) is 24.4 Å². The van der Waals surface area contributed by atoms with Crippen molar-refractivity contribution in [1.29, 1.82) is 0 Å². The first-order valence-electron chi connectivity index (χ1n) is 7.05. The fourth-order valence-corrected chi connectivity index (χ4v) is 2.50. The third-order valence-corrected chi connectivity index (χ3v) is 3.78. The number of furan rings is 1. The molecule has 1 unspecified atom stereocenters. The van der Waals surface area contributed by atoms with Gasteiger partial charge in [-0.1, -0.05) is 0 Å². The number of piperidine rings is 1. The lowest BCUT2D eigenvalue weighted by Crippen LogP contribution is -2.44. The number of nitrogens with zero attached hydrogens (tertiary/aromatic N) is 1. The van der Waals surface area contributed by atoms with Crippen molar-refractivity contribution in [2.45, 2.75) is 32.0 Å². The van der Waals surface area contributed by atoms with E-state index in [9.17, 15) is 23.1 Å². The molecule has 1 amide bonds. The van der Waals surface area contributed by atoms with E-state index in [1.807, 2.05) is 0 Å². The van der Waals surface area contributed by atoms with E-state index in [4.69, 9.17) is 4.42 Å². The monoisotopic (exact) mass is 317 g/mol. The molecule has 1 saturated heterocycles. The second-order valence-electron chi connectivity index (χ2n) is 5.43. The van der Waals surface area contributed by atoms with Gasteiger partial charge < -0.3 is 14.4 Å². The molecule has 2 rings (SSSR count). The number of halogens is 3. The number of hydrogen-bond acceptors (Lipinski definition) is 3. The van der Waals surface area contributed by atoms with Gasteiger partial charge in [0.25, 0.3) is 0 Å². The van der Waals surface area contributed by atoms with Gasteiger partial charge in [-0.2, -0.15) is 13.2 Å². The van der Waals surface area contributed by atoms with Crippen molar-refractivity contribution < 1.29 is 27.5 Å². The Morgan fingerprint density at radius 2 is 2.05 bits per heavy atom. The Hall–Kier alpha value is -1.76. The van der Waals surface area contributed by atoms with Gasteiger partial charge in [0, 0.05) is 19.2 Å². The van der Waals surface area contributed by atoms with Crippen LogP contribution in [0.4, 0.5) is 13.2 Å². The maximum absolute atomic E-state index is 12.4. The van der Waals surface area contributed by atoms with Gasteiger partial charge >= 0.3 is 6.18 Å². The molecule has 0 aromatic carbocycles. The first-order chi connectivity index (χ1) is 10.3. The predicted octanol–water partition coefficient (Wildman–Crippen LogP) is 2.76. The van der Waals surface area contributed by atoms with Gasteiger partial charge in [-0.05, 0) is 43.9 Å². The number of aryl methyl sites for hydroxylation is 1. The highest BCUT2D eigenvalue weighted by Crippen LogP contribution is 2.31. The van der Waals surface area contributed by atoms with Crippen LogP contribution in [0.3, 0.4) is 0 Å². The number of carbonyl (C=O) groups is 1. The van der Waals surface area contributed by atoms with E-state index >= 15 is 0 Å². The fraction of sp³-hybridized carbons (Fsp3) is 0.533. The van der Waals surface area contributed by atoms with Crippen molar-refractivity contribution in [2.24, 2.45) is 5.92 Å². The zero-order valence-electron chi connectivity index (χ0n) is 12.1. The van der Waals surface area contributed by atoms with E-state index in [1.165, 1.54) is 17.1 Å². The summed E-state index contributed by atoms with van der Waals surface area (Å²) >= 11 is 0. The van der Waals surface area contributed by atoms with Crippen LogP contribution >= 0.6 is 0 Å². The number of amides is 1. The van der Waals surface area contributed by atoms with Gasteiger partial charge in [0.1, 0.15) is 11.5 Å². The number of carbonyl (C=O) groups excluding carboxylic acids is 1. The van der Waals surface area contributed by atoms with Gasteiger partial charge in [-0.15, -0.1) is 0 Å². The highest BCUT2D eigenvalue weighted by Gasteiger charge is 2.44. The molecule has 0 bridgehead atoms. The average Bonchev–Trinajstić information content (AvgIpc) is 2.89. The van der Waals surface area contributed by atoms with E-state index in [1.54, 1.807) is 19.1 Å². The maximum Gasteiger partial charge on any atom is 0.414 e. The van der Waals surface area contributed by atoms with Crippen LogP contribution in [0.25, 0.3) is 6.08 Å². The molecule has 1 aliphatic heterocycles. The van der Waals surface area contributed by atoms with E-state index in [0.717, 1.165) is 5.76 Å². The molecular formula is C15H18F3NO3. The first-order valence-corrected chi connectivity index (χ1v) is 7.05. The van der Waals surface area contributed by atoms with Crippen molar-refractivity contribution in [3.05, 3.63) is 29.7 Å². The number of rotatable bonds is 3. The molecule has 0 spiro atoms. The predicted molar refractivity (Wildman–Crippen MR) is 73.8 cm³/mol. The summed E-state index contributed by atoms with van der Waals surface area (Å²) in [6, 6.07) is 3.50. The number of likely N-dealkylation sites (tertiary alicyclic amines) is 1. The fourth-order valence-electron chi connectivity index (χ4n) is 2.50. The minimum atomic E-state index is -4.60. The van der Waals surface area contributed by atoms with Gasteiger partial charge in [-0.25, -0.2) is 0 Å². The molecule has 0 aliphatic carbocycles. The molecule has 1 aliphatic rings. The molecule has 1 fully saturated rings. The minimum absolute atomic E-state index is 0.139. The maximum atomic E-state index is 12.4. The van der Waals surface area contributed by atoms with Crippen LogP contribution in [-0.4, -0.2) is 41.3 Å². The minimum Gasteiger partial charge on any atom is -0.462 e. The summed E-state index contributed by atoms with van der Waals surface area (Å²) in [5.41, 5.74) is 0. The molecule has 4 nitrogen and oxygen atoms in total. The molecule has 0 saturated carbocycles. The number of hydrogen-bond donors (Lipinski definition) is 1. The lowest BCUT2D eigenvalue weighted by atomic mass is 9.91. The summed E-state index contributed by atoms with van der Waals surface area (Å²) < 4.78 is 42.6. The molecule has 2 heterocycles. The zero-order chi connectivity index (χ0) is 16.3. The molecule has 22 heavy (non-hydrogen) atoms. The zero-order valence-corrected chi connectivity index (χ0v) is 12.1. The van der Waals surface area contributed by atoms with E-state index in [-0.39, 0.29) is 31.8 Å². The van der Waals surface area contributed by atoms with Crippen LogP contribution < -0.4 is 0 Å². The summed E-state index contributed by atoms with van der Waals surface area (Å²) in [6.45, 7) is 2.20. The standard InChI is InChI=1S/C15H18F3NO3/c1-10-2-3-12(22-10)4-5-13(20)19-8-6-11(7-9-19)14(21)15(16,17)18/h2-5,11,14,21H,6-9H2,1H3/b5-4+. The summed E-state index contributed by atoms with van der Waals surface area (Å²) in [5, 5.41) is 9.23. The van der Waals surface area contributed by atoms with E-state index in [0.29, 0.717) is 5.76 Å². The summed E-state index contributed by atoms with van der Waals surface area (Å²) in [6.07, 6.45) is -3.76. The number of aliphatic hydroxyl groups excluding tert-OH is 1. The Morgan fingerprint density at radius 1 is 1.41 bits per heavy atom. The van der Waals surface area contributed by atoms with Crippen LogP contribution in [0.5, 0.6) is 0 Å². The summed E-state index contributed by atoms with van der Waals surface area (Å²) in [7, 11) is 0. The van der Waals surface area contributed by atoms with Crippen molar-refractivity contribution in [2.75, 3.05) is 13.1 Å². The smallest absolute Gasteiger partial charge is 0.414 e. The van der Waals surface area contributed by atoms with Crippen LogP contribution in [0.2, 0.25) is 0 Å². The van der Waals surface area contributed by atoms with Crippen molar-refractivity contribution >= 4 is 12.0 Å². The third-order valence-electron chi connectivity index (χ3n) is 3.78. The second-order valence-corrected chi connectivity index (χ2v) is 5.43. The SMILES string of the molecule is Cc1ccc(/C=C/C(=O)N2CCC(C(O)C(F)(F)F)CC2)o1. The second kappa shape index (κ2) is 6.56. The van der Waals surface area contributed by atoms with Crippen molar-refractivity contribution in [3.8, 4) is 0 Å². The summed E-state index contributed by atoms with van der Waals surface area (Å²) in [5.74, 6) is 0.164. The molecule has 1 aromatic heterocycles. The van der Waals surface area contributed by atoms with E-state index < -0.39 is 18.2 Å². The normalized spacial score (nSPS) is 18.9. The Balaban J connectivity index is 1.86. The highest BCUT2D eigenvalue weighted by atomic mass is 19.4. The molecule has 0 radical (unpaired) electrons. The molecule has 122 valence electrons.